The van der Waals surface area contributed by atoms with Crippen LogP contribution in [0, 0.1) is 5.92 Å². The third-order valence-electron chi connectivity index (χ3n) is 6.48. The first-order chi connectivity index (χ1) is 15.5. The number of primary amides is 1. The van der Waals surface area contributed by atoms with Crippen molar-refractivity contribution in [1.29, 1.82) is 0 Å². The number of anilines is 1. The molecule has 1 aliphatic carbocycles. The highest BCUT2D eigenvalue weighted by Crippen LogP contribution is 2.44. The number of hydrogen-bond donors (Lipinski definition) is 4. The first-order valence-electron chi connectivity index (χ1n) is 10.9. The molecule has 1 atom stereocenters. The number of nitrogens with one attached hydrogen (secondary N) is 2. The molecule has 2 aromatic carbocycles. The number of halogens is 1. The number of aromatic nitrogens is 1. The summed E-state index contributed by atoms with van der Waals surface area (Å²) in [5, 5.41) is 14.7. The molecule has 33 heavy (non-hydrogen) atoms. The zero-order valence-electron chi connectivity index (χ0n) is 19.0. The van der Waals surface area contributed by atoms with Crippen molar-refractivity contribution in [3.63, 3.8) is 0 Å². The number of fused-ring (bicyclic) bond motifs is 3. The van der Waals surface area contributed by atoms with E-state index in [1.165, 1.54) is 0 Å². The molecule has 2 amide bonds. The van der Waals surface area contributed by atoms with Gasteiger partial charge in [-0.05, 0) is 75.3 Å². The number of hydrogen-bond acceptors (Lipinski definition) is 3. The van der Waals surface area contributed by atoms with Gasteiger partial charge in [0.05, 0.1) is 16.7 Å². The largest absolute Gasteiger partial charge is 0.390 e. The minimum absolute atomic E-state index is 0.0923. The van der Waals surface area contributed by atoms with Crippen molar-refractivity contribution in [2.45, 2.75) is 45.6 Å². The van der Waals surface area contributed by atoms with Crippen molar-refractivity contribution in [2.24, 2.45) is 11.7 Å². The molecule has 1 aromatic heterocycles. The topological polar surface area (TPSA) is 108 Å². The summed E-state index contributed by atoms with van der Waals surface area (Å²) in [5.41, 5.74) is 10.6. The normalized spacial score (nSPS) is 15.8. The van der Waals surface area contributed by atoms with Gasteiger partial charge in [-0.2, -0.15) is 0 Å². The zero-order chi connectivity index (χ0) is 24.1. The Balaban J connectivity index is 1.92. The molecule has 3 aromatic rings. The summed E-state index contributed by atoms with van der Waals surface area (Å²) in [6.07, 6.45) is 2.22. The Kier molecular flexibility index (Phi) is 5.85. The minimum Gasteiger partial charge on any atom is -0.390 e. The molecule has 6 nitrogen and oxygen atoms in total. The predicted octanol–water partition coefficient (Wildman–Crippen LogP) is 4.98. The first kappa shape index (κ1) is 23.1. The van der Waals surface area contributed by atoms with Crippen molar-refractivity contribution in [3.05, 3.63) is 64.3 Å². The van der Waals surface area contributed by atoms with Gasteiger partial charge < -0.3 is 21.1 Å². The fourth-order valence-electron chi connectivity index (χ4n) is 4.65. The SMILES string of the molecule is C=C(C)C(=O)Nc1cccc(-c2c(Cl)cc(C(N)=O)c3[nH]c4c(c23)CC[C@@H](C(C)(C)O)C4)c1. The van der Waals surface area contributed by atoms with E-state index in [1.54, 1.807) is 19.1 Å². The second-order valence-corrected chi connectivity index (χ2v) is 9.79. The average molecular weight is 466 g/mol. The molecule has 0 saturated carbocycles. The van der Waals surface area contributed by atoms with Gasteiger partial charge in [0.1, 0.15) is 0 Å². The quantitative estimate of drug-likeness (QED) is 0.399. The lowest BCUT2D eigenvalue weighted by Gasteiger charge is -2.32. The molecule has 5 N–H and O–H groups in total. The number of aliphatic hydroxyl groups is 1. The van der Waals surface area contributed by atoms with Gasteiger partial charge in [0.2, 0.25) is 0 Å². The van der Waals surface area contributed by atoms with E-state index < -0.39 is 11.5 Å². The maximum absolute atomic E-state index is 12.2. The molecule has 1 aliphatic rings. The molecule has 0 aliphatic heterocycles. The summed E-state index contributed by atoms with van der Waals surface area (Å²) in [5.74, 6) is -0.729. The lowest BCUT2D eigenvalue weighted by molar-refractivity contribution is -0.112. The van der Waals surface area contributed by atoms with Crippen LogP contribution < -0.4 is 11.1 Å². The molecule has 4 rings (SSSR count). The zero-order valence-corrected chi connectivity index (χ0v) is 19.8. The van der Waals surface area contributed by atoms with Gasteiger partial charge in [-0.3, -0.25) is 9.59 Å². The van der Waals surface area contributed by atoms with Crippen LogP contribution in [0.15, 0.2) is 42.5 Å². The van der Waals surface area contributed by atoms with Gasteiger partial charge in [-0.25, -0.2) is 0 Å². The summed E-state index contributed by atoms with van der Waals surface area (Å²) in [4.78, 5) is 27.8. The number of nitrogens with two attached hydrogens (primary N) is 1. The van der Waals surface area contributed by atoms with E-state index in [1.807, 2.05) is 32.0 Å². The van der Waals surface area contributed by atoms with Crippen LogP contribution >= 0.6 is 11.6 Å². The molecule has 7 heteroatoms. The molecule has 0 fully saturated rings. The van der Waals surface area contributed by atoms with Gasteiger partial charge in [0.25, 0.3) is 11.8 Å². The lowest BCUT2D eigenvalue weighted by atomic mass is 9.77. The molecule has 1 heterocycles. The summed E-state index contributed by atoms with van der Waals surface area (Å²) in [6.45, 7) is 8.98. The standard InChI is InChI=1S/C26H28ClN3O3/c1-13(2)25(32)29-16-7-5-6-14(10-16)21-19(27)12-18(24(28)31)23-22(21)17-9-8-15(26(3,4)33)11-20(17)30-23/h5-7,10,12,15,30,33H,1,8-9,11H2,2-4H3,(H2,28,31)(H,29,32)/t15-/m1/s1. The Labute approximate surface area is 197 Å². The number of carbonyl (C=O) groups is 2. The molecular weight excluding hydrogens is 438 g/mol. The number of amides is 2. The summed E-state index contributed by atoms with van der Waals surface area (Å²) in [7, 11) is 0. The van der Waals surface area contributed by atoms with Crippen LogP contribution in [0.2, 0.25) is 5.02 Å². The number of aryl methyl sites for hydroxylation is 1. The van der Waals surface area contributed by atoms with E-state index in [4.69, 9.17) is 17.3 Å². The first-order valence-corrected chi connectivity index (χ1v) is 11.3. The Morgan fingerprint density at radius 3 is 2.67 bits per heavy atom. The molecular formula is C26H28ClN3O3. The monoisotopic (exact) mass is 465 g/mol. The minimum atomic E-state index is -0.808. The third-order valence-corrected chi connectivity index (χ3v) is 6.77. The Morgan fingerprint density at radius 1 is 1.30 bits per heavy atom. The molecule has 172 valence electrons. The second-order valence-electron chi connectivity index (χ2n) is 9.39. The molecule has 0 radical (unpaired) electrons. The van der Waals surface area contributed by atoms with Crippen molar-refractivity contribution >= 4 is 40.0 Å². The predicted molar refractivity (Wildman–Crippen MR) is 133 cm³/mol. The van der Waals surface area contributed by atoms with E-state index in [-0.39, 0.29) is 11.8 Å². The second kappa shape index (κ2) is 8.36. The van der Waals surface area contributed by atoms with Crippen LogP contribution in [0.25, 0.3) is 22.0 Å². The van der Waals surface area contributed by atoms with Crippen LogP contribution in [0.3, 0.4) is 0 Å². The Bertz CT molecular complexity index is 1300. The van der Waals surface area contributed by atoms with Crippen LogP contribution in [-0.4, -0.2) is 27.5 Å². The number of carbonyl (C=O) groups excluding carboxylic acids is 2. The number of H-pyrrole nitrogens is 1. The van der Waals surface area contributed by atoms with Crippen LogP contribution in [0.4, 0.5) is 5.69 Å². The van der Waals surface area contributed by atoms with E-state index in [9.17, 15) is 14.7 Å². The van der Waals surface area contributed by atoms with Gasteiger partial charge >= 0.3 is 0 Å². The summed E-state index contributed by atoms with van der Waals surface area (Å²) >= 11 is 6.73. The summed E-state index contributed by atoms with van der Waals surface area (Å²) in [6, 6.07) is 9.01. The smallest absolute Gasteiger partial charge is 0.250 e. The van der Waals surface area contributed by atoms with Crippen LogP contribution in [-0.2, 0) is 17.6 Å². The summed E-state index contributed by atoms with van der Waals surface area (Å²) < 4.78 is 0. The van der Waals surface area contributed by atoms with Crippen LogP contribution in [0.5, 0.6) is 0 Å². The van der Waals surface area contributed by atoms with Gasteiger partial charge in [-0.1, -0.05) is 30.3 Å². The van der Waals surface area contributed by atoms with E-state index in [2.05, 4.69) is 16.9 Å². The average Bonchev–Trinajstić information content (AvgIpc) is 3.11. The fraction of sp³-hybridized carbons (Fsp3) is 0.308. The van der Waals surface area contributed by atoms with Crippen molar-refractivity contribution in [1.82, 2.24) is 4.98 Å². The Hall–Kier alpha value is -3.09. The maximum Gasteiger partial charge on any atom is 0.250 e. The van der Waals surface area contributed by atoms with Crippen molar-refractivity contribution < 1.29 is 14.7 Å². The van der Waals surface area contributed by atoms with E-state index in [0.717, 1.165) is 40.6 Å². The molecule has 0 spiro atoms. The van der Waals surface area contributed by atoms with Gasteiger partial charge in [-0.15, -0.1) is 0 Å². The van der Waals surface area contributed by atoms with Gasteiger partial charge in [0, 0.05) is 32.9 Å². The van der Waals surface area contributed by atoms with E-state index >= 15 is 0 Å². The highest BCUT2D eigenvalue weighted by atomic mass is 35.5. The van der Waals surface area contributed by atoms with E-state index in [0.29, 0.717) is 33.8 Å². The molecule has 0 bridgehead atoms. The van der Waals surface area contributed by atoms with Crippen LogP contribution in [0.1, 0.15) is 48.8 Å². The van der Waals surface area contributed by atoms with Gasteiger partial charge in [0.15, 0.2) is 0 Å². The Morgan fingerprint density at radius 2 is 2.03 bits per heavy atom. The molecule has 0 unspecified atom stereocenters. The maximum atomic E-state index is 12.2. The third kappa shape index (κ3) is 4.28. The number of aromatic amines is 1. The lowest BCUT2D eigenvalue weighted by Crippen LogP contribution is -2.34. The fourth-order valence-corrected chi connectivity index (χ4v) is 4.96. The van der Waals surface area contributed by atoms with Crippen molar-refractivity contribution in [3.8, 4) is 11.1 Å². The number of rotatable bonds is 5. The van der Waals surface area contributed by atoms with Crippen molar-refractivity contribution in [2.75, 3.05) is 5.32 Å². The molecule has 0 saturated heterocycles. The highest BCUT2D eigenvalue weighted by Gasteiger charge is 2.33. The number of benzene rings is 2. The highest BCUT2D eigenvalue weighted by molar-refractivity contribution is 6.36.